The van der Waals surface area contributed by atoms with E-state index in [1.807, 2.05) is 30.8 Å². The summed E-state index contributed by atoms with van der Waals surface area (Å²) in [7, 11) is 5.17. The first-order valence-corrected chi connectivity index (χ1v) is 10.6. The molecule has 172 valence electrons. The molecule has 0 radical (unpaired) electrons. The number of carbonyl (C=O) groups excluding carboxylic acids is 2. The molecule has 1 N–H and O–H groups in total. The maximum absolute atomic E-state index is 13.4. The lowest BCUT2D eigenvalue weighted by Crippen LogP contribution is -2.24. The summed E-state index contributed by atoms with van der Waals surface area (Å²) >= 11 is 0. The highest BCUT2D eigenvalue weighted by atomic mass is 16.5. The van der Waals surface area contributed by atoms with Crippen LogP contribution in [0, 0.1) is 0 Å². The normalized spacial score (nSPS) is 12.6. The first-order chi connectivity index (χ1) is 15.9. The van der Waals surface area contributed by atoms with Crippen LogP contribution in [0.2, 0.25) is 0 Å². The minimum absolute atomic E-state index is 0.0433. The molecular weight excluding hydrogens is 424 g/mol. The lowest BCUT2D eigenvalue weighted by Gasteiger charge is -2.16. The van der Waals surface area contributed by atoms with Crippen LogP contribution in [0.5, 0.6) is 0 Å². The Morgan fingerprint density at radius 2 is 2.09 bits per heavy atom. The summed E-state index contributed by atoms with van der Waals surface area (Å²) in [5.41, 5.74) is 2.41. The van der Waals surface area contributed by atoms with Gasteiger partial charge in [-0.2, -0.15) is 0 Å². The first kappa shape index (κ1) is 22.2. The number of alkyl carbamates (subject to hydrolysis) is 1. The highest BCUT2D eigenvalue weighted by Crippen LogP contribution is 2.32. The summed E-state index contributed by atoms with van der Waals surface area (Å²) in [6, 6.07) is 7.23. The molecule has 0 fully saturated rings. The minimum atomic E-state index is -0.562. The van der Waals surface area contributed by atoms with Crippen molar-refractivity contribution < 1.29 is 14.3 Å². The first-order valence-electron chi connectivity index (χ1n) is 10.6. The Hall–Kier alpha value is -4.02. The largest absolute Gasteiger partial charge is 0.443 e. The van der Waals surface area contributed by atoms with Gasteiger partial charge in [0.25, 0.3) is 5.91 Å². The molecule has 4 heterocycles. The van der Waals surface area contributed by atoms with Crippen molar-refractivity contribution >= 4 is 23.6 Å². The van der Waals surface area contributed by atoms with Gasteiger partial charge in [0.15, 0.2) is 5.82 Å². The number of aromatic nitrogens is 5. The number of hydrogen-bond donors (Lipinski definition) is 1. The number of rotatable bonds is 7. The van der Waals surface area contributed by atoms with Crippen LogP contribution in [0.25, 0.3) is 11.5 Å². The lowest BCUT2D eigenvalue weighted by molar-refractivity contribution is 0.0996. The van der Waals surface area contributed by atoms with Crippen molar-refractivity contribution in [1.29, 1.82) is 0 Å². The van der Waals surface area contributed by atoms with Gasteiger partial charge in [-0.1, -0.05) is 13.0 Å². The quantitative estimate of drug-likeness (QED) is 0.582. The van der Waals surface area contributed by atoms with E-state index in [0.29, 0.717) is 34.4 Å². The second kappa shape index (κ2) is 9.23. The van der Waals surface area contributed by atoms with Crippen LogP contribution in [-0.2, 0) is 24.4 Å². The predicted octanol–water partition coefficient (Wildman–Crippen LogP) is 2.23. The van der Waals surface area contributed by atoms with E-state index in [1.165, 1.54) is 7.05 Å². The number of hydrogen-bond acceptors (Lipinski definition) is 8. The number of anilines is 2. The average molecular weight is 451 g/mol. The number of carbonyl (C=O) groups is 2. The molecule has 33 heavy (non-hydrogen) atoms. The Morgan fingerprint density at radius 3 is 2.82 bits per heavy atom. The molecule has 4 rings (SSSR count). The highest BCUT2D eigenvalue weighted by Gasteiger charge is 2.33. The molecule has 0 bridgehead atoms. The van der Waals surface area contributed by atoms with Gasteiger partial charge in [0.05, 0.1) is 17.8 Å². The van der Waals surface area contributed by atoms with Crippen molar-refractivity contribution in [2.45, 2.75) is 33.0 Å². The zero-order valence-electron chi connectivity index (χ0n) is 19.1. The van der Waals surface area contributed by atoms with Gasteiger partial charge < -0.3 is 19.5 Å². The number of amides is 2. The van der Waals surface area contributed by atoms with Crippen LogP contribution in [0.3, 0.4) is 0 Å². The second-order valence-electron chi connectivity index (χ2n) is 7.79. The van der Waals surface area contributed by atoms with E-state index in [1.54, 1.807) is 28.3 Å². The van der Waals surface area contributed by atoms with E-state index >= 15 is 0 Å². The molecule has 0 saturated heterocycles. The van der Waals surface area contributed by atoms with Crippen molar-refractivity contribution in [3.05, 3.63) is 47.4 Å². The van der Waals surface area contributed by atoms with E-state index in [0.717, 1.165) is 18.5 Å². The molecule has 1 aliphatic heterocycles. The number of nitrogens with one attached hydrogen (secondary N) is 1. The van der Waals surface area contributed by atoms with E-state index < -0.39 is 6.09 Å². The third-order valence-corrected chi connectivity index (χ3v) is 5.31. The average Bonchev–Trinajstić information content (AvgIpc) is 3.42. The molecular formula is C22H26N8O3. The number of pyridine rings is 2. The van der Waals surface area contributed by atoms with Gasteiger partial charge >= 0.3 is 6.09 Å². The molecule has 0 saturated carbocycles. The van der Waals surface area contributed by atoms with Gasteiger partial charge in [-0.05, 0) is 24.6 Å². The lowest BCUT2D eigenvalue weighted by atomic mass is 10.1. The van der Waals surface area contributed by atoms with Crippen molar-refractivity contribution in [3.63, 3.8) is 0 Å². The van der Waals surface area contributed by atoms with Crippen LogP contribution in [0.4, 0.5) is 16.4 Å². The molecule has 11 heteroatoms. The van der Waals surface area contributed by atoms with Gasteiger partial charge in [-0.15, -0.1) is 10.2 Å². The number of ether oxygens (including phenoxy) is 1. The molecule has 3 aromatic heterocycles. The van der Waals surface area contributed by atoms with Gasteiger partial charge in [0.2, 0.25) is 0 Å². The van der Waals surface area contributed by atoms with E-state index in [2.05, 4.69) is 27.4 Å². The molecule has 0 spiro atoms. The molecule has 3 aromatic rings. The molecule has 0 aliphatic carbocycles. The highest BCUT2D eigenvalue weighted by molar-refractivity contribution is 6.10. The van der Waals surface area contributed by atoms with Gasteiger partial charge in [-0.3, -0.25) is 9.69 Å². The Labute approximate surface area is 191 Å². The summed E-state index contributed by atoms with van der Waals surface area (Å²) in [5.74, 6) is 1.58. The maximum atomic E-state index is 13.4. The summed E-state index contributed by atoms with van der Waals surface area (Å²) in [4.78, 5) is 37.7. The summed E-state index contributed by atoms with van der Waals surface area (Å²) in [6.07, 6.45) is 2.05. The Kier molecular flexibility index (Phi) is 6.20. The van der Waals surface area contributed by atoms with Crippen molar-refractivity contribution in [1.82, 2.24) is 30.0 Å². The minimum Gasteiger partial charge on any atom is -0.443 e. The SMILES string of the molecule is CCCn1cnnc1-c1cccc(N2Cc3c(cc(N(C)C)nc3COC(=O)NC)C2=O)n1. The zero-order valence-corrected chi connectivity index (χ0v) is 19.1. The Balaban J connectivity index is 1.68. The summed E-state index contributed by atoms with van der Waals surface area (Å²) in [5, 5.41) is 10.6. The third kappa shape index (κ3) is 4.34. The van der Waals surface area contributed by atoms with Gasteiger partial charge in [-0.25, -0.2) is 14.8 Å². The standard InChI is InChI=1S/C22H26N8O3/c1-5-9-29-13-24-27-20(29)16-7-6-8-18(25-16)30-11-15-14(21(30)31)10-19(28(3)4)26-17(15)12-33-22(32)23-2/h6-8,10,13H,5,9,11-12H2,1-4H3,(H,23,32). The number of fused-ring (bicyclic) bond motifs is 1. The topological polar surface area (TPSA) is 118 Å². The fourth-order valence-corrected chi connectivity index (χ4v) is 3.65. The Morgan fingerprint density at radius 1 is 1.27 bits per heavy atom. The van der Waals surface area contributed by atoms with Crippen LogP contribution in [0.1, 0.15) is 35.0 Å². The molecule has 1 aliphatic rings. The van der Waals surface area contributed by atoms with E-state index in [4.69, 9.17) is 9.72 Å². The maximum Gasteiger partial charge on any atom is 0.407 e. The number of aryl methyl sites for hydroxylation is 1. The van der Waals surface area contributed by atoms with Crippen LogP contribution < -0.4 is 15.1 Å². The second-order valence-corrected chi connectivity index (χ2v) is 7.79. The predicted molar refractivity (Wildman–Crippen MR) is 122 cm³/mol. The smallest absolute Gasteiger partial charge is 0.407 e. The monoisotopic (exact) mass is 450 g/mol. The van der Waals surface area contributed by atoms with Crippen LogP contribution >= 0.6 is 0 Å². The van der Waals surface area contributed by atoms with Crippen molar-refractivity contribution in [3.8, 4) is 11.5 Å². The molecule has 11 nitrogen and oxygen atoms in total. The number of nitrogens with zero attached hydrogens (tertiary/aromatic N) is 7. The zero-order chi connectivity index (χ0) is 23.5. The van der Waals surface area contributed by atoms with Crippen molar-refractivity contribution in [2.75, 3.05) is 30.9 Å². The Bertz CT molecular complexity index is 1190. The van der Waals surface area contributed by atoms with Crippen LogP contribution in [-0.4, -0.2) is 57.9 Å². The fourth-order valence-electron chi connectivity index (χ4n) is 3.65. The molecule has 0 atom stereocenters. The summed E-state index contributed by atoms with van der Waals surface area (Å²) < 4.78 is 7.16. The van der Waals surface area contributed by atoms with E-state index in [9.17, 15) is 9.59 Å². The molecule has 0 unspecified atom stereocenters. The molecule has 2 amide bonds. The van der Waals surface area contributed by atoms with Gasteiger partial charge in [0.1, 0.15) is 30.3 Å². The third-order valence-electron chi connectivity index (χ3n) is 5.31. The van der Waals surface area contributed by atoms with Crippen molar-refractivity contribution in [2.24, 2.45) is 0 Å². The van der Waals surface area contributed by atoms with Crippen LogP contribution in [0.15, 0.2) is 30.6 Å². The van der Waals surface area contributed by atoms with E-state index in [-0.39, 0.29) is 19.1 Å². The summed E-state index contributed by atoms with van der Waals surface area (Å²) in [6.45, 7) is 3.09. The molecule has 0 aromatic carbocycles. The fraction of sp³-hybridized carbons (Fsp3) is 0.364. The van der Waals surface area contributed by atoms with Gasteiger partial charge in [0, 0.05) is 33.3 Å².